The molecule has 1 aromatic heterocycles. The Balaban J connectivity index is 1.77. The molecule has 0 bridgehead atoms. The number of benzene rings is 1. The van der Waals surface area contributed by atoms with Gasteiger partial charge in [-0.05, 0) is 24.5 Å². The van der Waals surface area contributed by atoms with Gasteiger partial charge in [-0.3, -0.25) is 0 Å². The van der Waals surface area contributed by atoms with E-state index >= 15 is 0 Å². The third-order valence-corrected chi connectivity index (χ3v) is 4.11. The highest BCUT2D eigenvalue weighted by Crippen LogP contribution is 2.19. The van der Waals surface area contributed by atoms with Gasteiger partial charge in [-0.2, -0.15) is 0 Å². The predicted octanol–water partition coefficient (Wildman–Crippen LogP) is 4.46. The van der Waals surface area contributed by atoms with Crippen molar-refractivity contribution in [1.82, 2.24) is 4.98 Å². The molecule has 19 heavy (non-hydrogen) atoms. The molecule has 1 heterocycles. The third-order valence-electron chi connectivity index (χ3n) is 2.88. The number of rotatable bonds is 7. The predicted molar refractivity (Wildman–Crippen MR) is 81.3 cm³/mol. The number of para-hydroxylation sites is 1. The number of alkyl halides is 1. The molecule has 0 saturated carbocycles. The Kier molecular flexibility index (Phi) is 5.67. The Morgan fingerprint density at radius 1 is 1.32 bits per heavy atom. The quantitative estimate of drug-likeness (QED) is 0.556. The summed E-state index contributed by atoms with van der Waals surface area (Å²) in [6.45, 7) is 2.87. The van der Waals surface area contributed by atoms with Crippen molar-refractivity contribution in [3.8, 4) is 5.75 Å². The van der Waals surface area contributed by atoms with E-state index in [1.165, 1.54) is 5.56 Å². The first-order valence-electron chi connectivity index (χ1n) is 6.53. The Hall–Kier alpha value is -1.06. The summed E-state index contributed by atoms with van der Waals surface area (Å²) in [5.41, 5.74) is 2.24. The molecule has 0 fully saturated rings. The van der Waals surface area contributed by atoms with Crippen LogP contribution in [0.5, 0.6) is 5.75 Å². The summed E-state index contributed by atoms with van der Waals surface area (Å²) in [6, 6.07) is 8.22. The van der Waals surface area contributed by atoms with Crippen molar-refractivity contribution in [1.29, 1.82) is 0 Å². The molecule has 0 aliphatic heterocycles. The van der Waals surface area contributed by atoms with Crippen LogP contribution in [-0.4, -0.2) is 11.6 Å². The fraction of sp³-hybridized carbons (Fsp3) is 0.400. The Morgan fingerprint density at radius 2 is 2.16 bits per heavy atom. The maximum absolute atomic E-state index is 5.83. The average Bonchev–Trinajstić information content (AvgIpc) is 2.92. The monoisotopic (exact) mass is 295 g/mol. The van der Waals surface area contributed by atoms with Crippen LogP contribution < -0.4 is 4.74 Å². The lowest BCUT2D eigenvalue weighted by Gasteiger charge is -2.09. The van der Waals surface area contributed by atoms with Crippen LogP contribution in [-0.2, 0) is 18.7 Å². The van der Waals surface area contributed by atoms with Gasteiger partial charge in [-0.25, -0.2) is 4.98 Å². The number of aromatic nitrogens is 1. The number of halogens is 1. The van der Waals surface area contributed by atoms with Crippen LogP contribution >= 0.6 is 22.9 Å². The largest absolute Gasteiger partial charge is 0.493 e. The second-order valence-electron chi connectivity index (χ2n) is 4.28. The molecular weight excluding hydrogens is 278 g/mol. The number of thiazole rings is 1. The van der Waals surface area contributed by atoms with Gasteiger partial charge in [0.15, 0.2) is 0 Å². The highest BCUT2D eigenvalue weighted by molar-refractivity contribution is 7.09. The fourth-order valence-electron chi connectivity index (χ4n) is 1.87. The highest BCUT2D eigenvalue weighted by Gasteiger charge is 2.03. The van der Waals surface area contributed by atoms with E-state index in [0.717, 1.165) is 42.3 Å². The van der Waals surface area contributed by atoms with Crippen LogP contribution in [0.15, 0.2) is 29.6 Å². The van der Waals surface area contributed by atoms with E-state index in [9.17, 15) is 0 Å². The summed E-state index contributed by atoms with van der Waals surface area (Å²) in [5.74, 6) is 1.50. The zero-order valence-corrected chi connectivity index (χ0v) is 12.6. The molecule has 2 aromatic rings. The zero-order valence-electron chi connectivity index (χ0n) is 11.1. The fourth-order valence-corrected chi connectivity index (χ4v) is 2.94. The van der Waals surface area contributed by atoms with Crippen molar-refractivity contribution in [3.05, 3.63) is 45.9 Å². The molecule has 0 spiro atoms. The Bertz CT molecular complexity index is 512. The molecule has 0 N–H and O–H groups in total. The third kappa shape index (κ3) is 4.22. The van der Waals surface area contributed by atoms with Gasteiger partial charge in [0.1, 0.15) is 5.75 Å². The topological polar surface area (TPSA) is 22.1 Å². The molecule has 0 aliphatic carbocycles. The smallest absolute Gasteiger partial charge is 0.122 e. The second-order valence-corrected chi connectivity index (χ2v) is 5.49. The maximum atomic E-state index is 5.83. The van der Waals surface area contributed by atoms with Crippen molar-refractivity contribution in [2.75, 3.05) is 6.61 Å². The Labute approximate surface area is 123 Å². The van der Waals surface area contributed by atoms with Crippen molar-refractivity contribution in [3.63, 3.8) is 0 Å². The van der Waals surface area contributed by atoms with Crippen molar-refractivity contribution in [2.45, 2.75) is 32.1 Å². The van der Waals surface area contributed by atoms with E-state index in [1.54, 1.807) is 11.3 Å². The lowest BCUT2D eigenvalue weighted by atomic mass is 10.1. The second kappa shape index (κ2) is 7.51. The van der Waals surface area contributed by atoms with Crippen LogP contribution in [0.1, 0.15) is 29.6 Å². The number of nitrogens with zero attached hydrogens (tertiary/aromatic N) is 1. The molecule has 0 saturated heterocycles. The van der Waals surface area contributed by atoms with Crippen molar-refractivity contribution in [2.24, 2.45) is 0 Å². The van der Waals surface area contributed by atoms with Gasteiger partial charge in [-0.1, -0.05) is 25.1 Å². The molecule has 0 amide bonds. The molecule has 102 valence electrons. The van der Waals surface area contributed by atoms with E-state index in [4.69, 9.17) is 16.3 Å². The summed E-state index contributed by atoms with van der Waals surface area (Å²) in [5, 5.41) is 3.17. The molecule has 2 nitrogen and oxygen atoms in total. The van der Waals surface area contributed by atoms with Gasteiger partial charge in [0.2, 0.25) is 0 Å². The maximum Gasteiger partial charge on any atom is 0.122 e. The lowest BCUT2D eigenvalue weighted by Crippen LogP contribution is -2.01. The molecule has 0 unspecified atom stereocenters. The van der Waals surface area contributed by atoms with Gasteiger partial charge in [0.25, 0.3) is 0 Å². The molecule has 4 heteroatoms. The van der Waals surface area contributed by atoms with Gasteiger partial charge >= 0.3 is 0 Å². The minimum atomic E-state index is 0.497. The average molecular weight is 296 g/mol. The van der Waals surface area contributed by atoms with Crippen molar-refractivity contribution < 1.29 is 4.74 Å². The summed E-state index contributed by atoms with van der Waals surface area (Å²) in [4.78, 5) is 4.44. The van der Waals surface area contributed by atoms with Crippen LogP contribution in [0.2, 0.25) is 0 Å². The molecule has 0 atom stereocenters. The van der Waals surface area contributed by atoms with Gasteiger partial charge < -0.3 is 4.74 Å². The molecular formula is C15H18ClNOS. The summed E-state index contributed by atoms with van der Waals surface area (Å²) >= 11 is 7.41. The summed E-state index contributed by atoms with van der Waals surface area (Å²) in [6.07, 6.45) is 2.94. The SMILES string of the molecule is CCc1ccccc1OCCCc1nc(CCl)cs1. The first-order valence-corrected chi connectivity index (χ1v) is 7.95. The standard InChI is InChI=1S/C15H18ClNOS/c1-2-12-6-3-4-7-14(12)18-9-5-8-15-17-13(10-16)11-19-15/h3-4,6-7,11H,2,5,8-10H2,1H3. The number of hydrogen-bond donors (Lipinski definition) is 0. The van der Waals surface area contributed by atoms with E-state index in [0.29, 0.717) is 5.88 Å². The number of hydrogen-bond acceptors (Lipinski definition) is 3. The molecule has 0 radical (unpaired) electrons. The van der Waals surface area contributed by atoms with E-state index in [1.807, 2.05) is 17.5 Å². The van der Waals surface area contributed by atoms with Crippen LogP contribution in [0, 0.1) is 0 Å². The summed E-state index contributed by atoms with van der Waals surface area (Å²) in [7, 11) is 0. The lowest BCUT2D eigenvalue weighted by molar-refractivity contribution is 0.308. The van der Waals surface area contributed by atoms with Gasteiger partial charge in [0.05, 0.1) is 23.2 Å². The minimum absolute atomic E-state index is 0.497. The summed E-state index contributed by atoms with van der Waals surface area (Å²) < 4.78 is 5.83. The van der Waals surface area contributed by atoms with Crippen LogP contribution in [0.25, 0.3) is 0 Å². The Morgan fingerprint density at radius 3 is 2.89 bits per heavy atom. The number of ether oxygens (including phenoxy) is 1. The number of aryl methyl sites for hydroxylation is 2. The molecule has 0 aliphatic rings. The normalized spacial score (nSPS) is 10.6. The van der Waals surface area contributed by atoms with Crippen LogP contribution in [0.4, 0.5) is 0 Å². The van der Waals surface area contributed by atoms with E-state index in [2.05, 4.69) is 24.0 Å². The molecule has 2 rings (SSSR count). The molecule has 1 aromatic carbocycles. The minimum Gasteiger partial charge on any atom is -0.493 e. The highest BCUT2D eigenvalue weighted by atomic mass is 35.5. The van der Waals surface area contributed by atoms with Crippen molar-refractivity contribution >= 4 is 22.9 Å². The van der Waals surface area contributed by atoms with Crippen LogP contribution in [0.3, 0.4) is 0 Å². The first-order chi connectivity index (χ1) is 9.33. The first kappa shape index (κ1) is 14.4. The van der Waals surface area contributed by atoms with Gasteiger partial charge in [-0.15, -0.1) is 22.9 Å². The van der Waals surface area contributed by atoms with E-state index < -0.39 is 0 Å². The van der Waals surface area contributed by atoms with Gasteiger partial charge in [0, 0.05) is 11.8 Å². The van der Waals surface area contributed by atoms with E-state index in [-0.39, 0.29) is 0 Å². The zero-order chi connectivity index (χ0) is 13.5.